The fourth-order valence-electron chi connectivity index (χ4n) is 2.81. The molecule has 7 heteroatoms. The van der Waals surface area contributed by atoms with Gasteiger partial charge in [-0.1, -0.05) is 0 Å². The van der Waals surface area contributed by atoms with Gasteiger partial charge in [0.1, 0.15) is 6.26 Å². The van der Waals surface area contributed by atoms with Crippen LogP contribution in [0.15, 0.2) is 35.4 Å². The third kappa shape index (κ3) is 3.61. The lowest BCUT2D eigenvalue weighted by Crippen LogP contribution is -2.42. The van der Waals surface area contributed by atoms with Gasteiger partial charge < -0.3 is 14.6 Å². The average Bonchev–Trinajstić information content (AvgIpc) is 3.24. The zero-order valence-electron chi connectivity index (χ0n) is 13.1. The average molecular weight is 316 g/mol. The van der Waals surface area contributed by atoms with Crippen molar-refractivity contribution in [2.75, 3.05) is 13.1 Å². The van der Waals surface area contributed by atoms with Crippen LogP contribution in [0.2, 0.25) is 0 Å². The molecule has 2 aromatic heterocycles. The number of piperidine rings is 1. The molecular weight excluding hydrogens is 296 g/mol. The Balaban J connectivity index is 1.46. The summed E-state index contributed by atoms with van der Waals surface area (Å²) in [6, 6.07) is 1.66. The summed E-state index contributed by atoms with van der Waals surface area (Å²) in [5.74, 6) is -0.0303. The summed E-state index contributed by atoms with van der Waals surface area (Å²) in [6.07, 6.45) is 7.94. The normalized spacial score (nSPS) is 15.6. The van der Waals surface area contributed by atoms with Crippen molar-refractivity contribution in [1.82, 2.24) is 20.0 Å². The second kappa shape index (κ2) is 6.68. The molecule has 0 saturated carbocycles. The summed E-state index contributed by atoms with van der Waals surface area (Å²) in [5, 5.41) is 7.02. The van der Waals surface area contributed by atoms with Gasteiger partial charge in [-0.25, -0.2) is 0 Å². The molecule has 122 valence electrons. The van der Waals surface area contributed by atoms with Crippen LogP contribution in [0.3, 0.4) is 0 Å². The van der Waals surface area contributed by atoms with Crippen LogP contribution in [-0.2, 0) is 18.4 Å². The van der Waals surface area contributed by atoms with Crippen molar-refractivity contribution in [3.8, 4) is 0 Å². The molecule has 3 rings (SSSR count). The van der Waals surface area contributed by atoms with Crippen LogP contribution in [0.4, 0.5) is 0 Å². The lowest BCUT2D eigenvalue weighted by Gasteiger charge is -2.31. The molecule has 7 nitrogen and oxygen atoms in total. The molecule has 0 unspecified atom stereocenters. The van der Waals surface area contributed by atoms with Crippen molar-refractivity contribution in [3.05, 3.63) is 42.1 Å². The number of rotatable bonds is 4. The second-order valence-electron chi connectivity index (χ2n) is 5.82. The minimum atomic E-state index is -0.0416. The summed E-state index contributed by atoms with van der Waals surface area (Å²) in [5.41, 5.74) is 1.54. The molecule has 23 heavy (non-hydrogen) atoms. The topological polar surface area (TPSA) is 80.4 Å². The maximum atomic E-state index is 12.2. The molecule has 1 N–H and O–H groups in total. The van der Waals surface area contributed by atoms with Crippen LogP contribution in [0.25, 0.3) is 0 Å². The summed E-state index contributed by atoms with van der Waals surface area (Å²) in [6.45, 7) is 1.67. The Labute approximate surface area is 134 Å². The number of nitrogens with one attached hydrogen (secondary N) is 1. The maximum Gasteiger partial charge on any atom is 0.257 e. The van der Waals surface area contributed by atoms with E-state index in [0.29, 0.717) is 38.0 Å². The predicted molar refractivity (Wildman–Crippen MR) is 82.4 cm³/mol. The van der Waals surface area contributed by atoms with E-state index in [2.05, 4.69) is 10.4 Å². The summed E-state index contributed by atoms with van der Waals surface area (Å²) >= 11 is 0. The van der Waals surface area contributed by atoms with Crippen molar-refractivity contribution < 1.29 is 14.0 Å². The third-order valence-electron chi connectivity index (χ3n) is 4.15. The van der Waals surface area contributed by atoms with Crippen molar-refractivity contribution in [2.24, 2.45) is 13.0 Å². The number of carbonyl (C=O) groups excluding carboxylic acids is 2. The Hall–Kier alpha value is -2.57. The van der Waals surface area contributed by atoms with Gasteiger partial charge in [0.05, 0.1) is 18.0 Å². The van der Waals surface area contributed by atoms with Crippen LogP contribution < -0.4 is 5.32 Å². The van der Waals surface area contributed by atoms with Gasteiger partial charge in [-0.3, -0.25) is 14.3 Å². The van der Waals surface area contributed by atoms with Gasteiger partial charge in [0, 0.05) is 44.4 Å². The predicted octanol–water partition coefficient (Wildman–Crippen LogP) is 1.18. The van der Waals surface area contributed by atoms with Gasteiger partial charge >= 0.3 is 0 Å². The van der Waals surface area contributed by atoms with Gasteiger partial charge in [-0.2, -0.15) is 5.10 Å². The zero-order valence-corrected chi connectivity index (χ0v) is 13.1. The first kappa shape index (κ1) is 15.3. The first-order chi connectivity index (χ1) is 11.1. The van der Waals surface area contributed by atoms with E-state index in [1.54, 1.807) is 21.8 Å². The van der Waals surface area contributed by atoms with Gasteiger partial charge in [0.15, 0.2) is 0 Å². The van der Waals surface area contributed by atoms with Crippen LogP contribution in [-0.4, -0.2) is 39.6 Å². The zero-order chi connectivity index (χ0) is 16.2. The number of likely N-dealkylation sites (tertiary alicyclic amines) is 1. The molecule has 0 spiro atoms. The Kier molecular flexibility index (Phi) is 4.45. The first-order valence-electron chi connectivity index (χ1n) is 7.70. The molecule has 0 bridgehead atoms. The molecule has 1 fully saturated rings. The van der Waals surface area contributed by atoms with Crippen LogP contribution in [0, 0.1) is 5.92 Å². The quantitative estimate of drug-likeness (QED) is 0.918. The lowest BCUT2D eigenvalue weighted by atomic mass is 9.95. The summed E-state index contributed by atoms with van der Waals surface area (Å²) in [7, 11) is 1.85. The number of furan rings is 1. The minimum Gasteiger partial charge on any atom is -0.472 e. The maximum absolute atomic E-state index is 12.2. The Bertz CT molecular complexity index is 669. The van der Waals surface area contributed by atoms with E-state index in [-0.39, 0.29) is 17.7 Å². The summed E-state index contributed by atoms with van der Waals surface area (Å²) < 4.78 is 6.65. The van der Waals surface area contributed by atoms with Crippen LogP contribution in [0.5, 0.6) is 0 Å². The first-order valence-corrected chi connectivity index (χ1v) is 7.70. The van der Waals surface area contributed by atoms with E-state index in [4.69, 9.17) is 4.42 Å². The molecule has 0 radical (unpaired) electrons. The lowest BCUT2D eigenvalue weighted by molar-refractivity contribution is -0.126. The third-order valence-corrected chi connectivity index (χ3v) is 4.15. The van der Waals surface area contributed by atoms with Crippen LogP contribution in [0.1, 0.15) is 28.8 Å². The van der Waals surface area contributed by atoms with Gasteiger partial charge in [-0.05, 0) is 18.9 Å². The number of hydrogen-bond acceptors (Lipinski definition) is 4. The fourth-order valence-corrected chi connectivity index (χ4v) is 2.81. The van der Waals surface area contributed by atoms with Crippen molar-refractivity contribution >= 4 is 11.8 Å². The SMILES string of the molecule is Cn1cc(CNC(=O)C2CCN(C(=O)c3ccoc3)CC2)cn1. The van der Waals surface area contributed by atoms with Gasteiger partial charge in [0.2, 0.25) is 5.91 Å². The molecule has 0 atom stereocenters. The molecular formula is C16H20N4O3. The minimum absolute atomic E-state index is 0.0343. The highest BCUT2D eigenvalue weighted by Crippen LogP contribution is 2.19. The smallest absolute Gasteiger partial charge is 0.257 e. The fraction of sp³-hybridized carbons (Fsp3) is 0.438. The van der Waals surface area contributed by atoms with E-state index in [9.17, 15) is 9.59 Å². The summed E-state index contributed by atoms with van der Waals surface area (Å²) in [4.78, 5) is 26.2. The molecule has 2 amide bonds. The Morgan fingerprint density at radius 1 is 1.39 bits per heavy atom. The highest BCUT2D eigenvalue weighted by molar-refractivity contribution is 5.94. The highest BCUT2D eigenvalue weighted by Gasteiger charge is 2.28. The van der Waals surface area contributed by atoms with Gasteiger partial charge in [0.25, 0.3) is 5.91 Å². The Morgan fingerprint density at radius 3 is 2.78 bits per heavy atom. The van der Waals surface area contributed by atoms with Crippen molar-refractivity contribution in [2.45, 2.75) is 19.4 Å². The second-order valence-corrected chi connectivity index (χ2v) is 5.82. The number of amides is 2. The van der Waals surface area contributed by atoms with E-state index >= 15 is 0 Å². The van der Waals surface area contributed by atoms with Gasteiger partial charge in [-0.15, -0.1) is 0 Å². The van der Waals surface area contributed by atoms with Crippen molar-refractivity contribution in [3.63, 3.8) is 0 Å². The number of carbonyl (C=O) groups is 2. The molecule has 1 aliphatic rings. The standard InChI is InChI=1S/C16H20N4O3/c1-19-10-12(9-18-19)8-17-15(21)13-2-5-20(6-3-13)16(22)14-4-7-23-11-14/h4,7,9-11,13H,2-3,5-6,8H2,1H3,(H,17,21). The van der Waals surface area contributed by atoms with E-state index < -0.39 is 0 Å². The molecule has 0 aliphatic carbocycles. The molecule has 3 heterocycles. The largest absolute Gasteiger partial charge is 0.472 e. The number of aryl methyl sites for hydroxylation is 1. The van der Waals surface area contributed by atoms with E-state index in [1.165, 1.54) is 12.5 Å². The number of hydrogen-bond donors (Lipinski definition) is 1. The van der Waals surface area contributed by atoms with Crippen molar-refractivity contribution in [1.29, 1.82) is 0 Å². The van der Waals surface area contributed by atoms with E-state index in [1.807, 2.05) is 13.2 Å². The van der Waals surface area contributed by atoms with E-state index in [0.717, 1.165) is 5.56 Å². The molecule has 1 saturated heterocycles. The van der Waals surface area contributed by atoms with Crippen LogP contribution >= 0.6 is 0 Å². The Morgan fingerprint density at radius 2 is 2.17 bits per heavy atom. The number of aromatic nitrogens is 2. The number of nitrogens with zero attached hydrogens (tertiary/aromatic N) is 3. The monoisotopic (exact) mass is 316 g/mol. The highest BCUT2D eigenvalue weighted by atomic mass is 16.3. The molecule has 2 aromatic rings. The molecule has 1 aliphatic heterocycles. The molecule has 0 aromatic carbocycles.